The molecule has 126 valence electrons. The first-order chi connectivity index (χ1) is 12.1. The minimum absolute atomic E-state index is 0.227. The molecule has 0 saturated carbocycles. The number of amides is 2. The molecule has 3 rings (SSSR count). The van der Waals surface area contributed by atoms with E-state index in [0.717, 1.165) is 16.5 Å². The molecule has 0 spiro atoms. The van der Waals surface area contributed by atoms with E-state index < -0.39 is 0 Å². The highest BCUT2D eigenvalue weighted by molar-refractivity contribution is 6.06. The topological polar surface area (TPSA) is 71.1 Å². The fourth-order valence-corrected chi connectivity index (χ4v) is 2.63. The minimum atomic E-state index is -0.361. The number of aromatic nitrogens is 1. The van der Waals surface area contributed by atoms with Gasteiger partial charge in [-0.1, -0.05) is 48.0 Å². The first kappa shape index (κ1) is 16.6. The summed E-state index contributed by atoms with van der Waals surface area (Å²) >= 11 is 0. The summed E-state index contributed by atoms with van der Waals surface area (Å²) in [5, 5.41) is 6.46. The molecule has 1 aromatic heterocycles. The fraction of sp³-hybridized carbons (Fsp3) is 0.150. The lowest BCUT2D eigenvalue weighted by Gasteiger charge is -2.09. The minimum Gasteiger partial charge on any atom is -0.352 e. The van der Waals surface area contributed by atoms with Gasteiger partial charge in [0.15, 0.2) is 0 Å². The van der Waals surface area contributed by atoms with Crippen molar-refractivity contribution in [1.82, 2.24) is 10.3 Å². The molecular formula is C20H19N3O2. The Balaban J connectivity index is 1.57. The van der Waals surface area contributed by atoms with Gasteiger partial charge < -0.3 is 10.6 Å². The average Bonchev–Trinajstić information content (AvgIpc) is 2.60. The third-order valence-electron chi connectivity index (χ3n) is 3.80. The first-order valence-electron chi connectivity index (χ1n) is 8.07. The number of benzene rings is 2. The molecule has 2 N–H and O–H groups in total. The second kappa shape index (κ2) is 7.57. The third-order valence-corrected chi connectivity index (χ3v) is 3.80. The Morgan fingerprint density at radius 1 is 1.00 bits per heavy atom. The Kier molecular flexibility index (Phi) is 5.04. The standard InChI is InChI=1S/C20H19N3O2/c1-14-5-2-6-15(11-14)13-22-18(24)12-19(25)23-17-9-3-7-16-8-4-10-21-20(16)17/h2-11H,12-13H2,1H3,(H,22,24)(H,23,25). The number of carbonyl (C=O) groups is 2. The van der Waals surface area contributed by atoms with Gasteiger partial charge in [-0.05, 0) is 24.6 Å². The van der Waals surface area contributed by atoms with Gasteiger partial charge in [-0.2, -0.15) is 0 Å². The number of anilines is 1. The monoisotopic (exact) mass is 333 g/mol. The molecule has 25 heavy (non-hydrogen) atoms. The number of carbonyl (C=O) groups excluding carboxylic acids is 2. The molecule has 1 heterocycles. The number of rotatable bonds is 5. The summed E-state index contributed by atoms with van der Waals surface area (Å²) in [5.41, 5.74) is 3.45. The summed E-state index contributed by atoms with van der Waals surface area (Å²) < 4.78 is 0. The van der Waals surface area contributed by atoms with Crippen LogP contribution in [0.5, 0.6) is 0 Å². The molecule has 0 aliphatic heterocycles. The molecule has 0 fully saturated rings. The molecule has 0 bridgehead atoms. The summed E-state index contributed by atoms with van der Waals surface area (Å²) in [6.07, 6.45) is 1.45. The lowest BCUT2D eigenvalue weighted by molar-refractivity contribution is -0.126. The van der Waals surface area contributed by atoms with Crippen LogP contribution < -0.4 is 10.6 Å². The zero-order valence-corrected chi connectivity index (χ0v) is 14.0. The summed E-state index contributed by atoms with van der Waals surface area (Å²) in [6, 6.07) is 17.2. The molecule has 0 radical (unpaired) electrons. The van der Waals surface area contributed by atoms with E-state index in [1.165, 1.54) is 0 Å². The highest BCUT2D eigenvalue weighted by Gasteiger charge is 2.11. The maximum Gasteiger partial charge on any atom is 0.233 e. The highest BCUT2D eigenvalue weighted by Crippen LogP contribution is 2.20. The summed E-state index contributed by atoms with van der Waals surface area (Å²) in [4.78, 5) is 28.4. The van der Waals surface area contributed by atoms with Crippen LogP contribution in [0.2, 0.25) is 0 Å². The van der Waals surface area contributed by atoms with Crippen molar-refractivity contribution >= 4 is 28.4 Å². The van der Waals surface area contributed by atoms with Crippen molar-refractivity contribution in [3.63, 3.8) is 0 Å². The third kappa shape index (κ3) is 4.41. The number of hydrogen-bond donors (Lipinski definition) is 2. The molecule has 3 aromatic rings. The van der Waals surface area contributed by atoms with Crippen LogP contribution in [0.4, 0.5) is 5.69 Å². The van der Waals surface area contributed by atoms with Crippen molar-refractivity contribution in [2.75, 3.05) is 5.32 Å². The Morgan fingerprint density at radius 2 is 1.80 bits per heavy atom. The largest absolute Gasteiger partial charge is 0.352 e. The second-order valence-corrected chi connectivity index (χ2v) is 5.87. The number of nitrogens with zero attached hydrogens (tertiary/aromatic N) is 1. The smallest absolute Gasteiger partial charge is 0.233 e. The SMILES string of the molecule is Cc1cccc(CNC(=O)CC(=O)Nc2cccc3cccnc23)c1. The molecule has 2 aromatic carbocycles. The van der Waals surface area contributed by atoms with E-state index in [2.05, 4.69) is 15.6 Å². The van der Waals surface area contributed by atoms with Gasteiger partial charge in [-0.25, -0.2) is 0 Å². The second-order valence-electron chi connectivity index (χ2n) is 5.87. The van der Waals surface area contributed by atoms with Gasteiger partial charge in [0, 0.05) is 18.1 Å². The molecule has 0 unspecified atom stereocenters. The van der Waals surface area contributed by atoms with E-state index in [-0.39, 0.29) is 18.2 Å². The number of nitrogens with one attached hydrogen (secondary N) is 2. The molecule has 5 nitrogen and oxygen atoms in total. The van der Waals surface area contributed by atoms with Crippen LogP contribution in [-0.4, -0.2) is 16.8 Å². The Morgan fingerprint density at radius 3 is 2.64 bits per heavy atom. The van der Waals surface area contributed by atoms with Crippen molar-refractivity contribution in [2.24, 2.45) is 0 Å². The zero-order valence-electron chi connectivity index (χ0n) is 14.0. The van der Waals surface area contributed by atoms with Gasteiger partial charge in [0.2, 0.25) is 11.8 Å². The molecule has 2 amide bonds. The van der Waals surface area contributed by atoms with Gasteiger partial charge in [-0.15, -0.1) is 0 Å². The van der Waals surface area contributed by atoms with E-state index in [1.807, 2.05) is 55.5 Å². The van der Waals surface area contributed by atoms with Crippen LogP contribution in [0.1, 0.15) is 17.5 Å². The highest BCUT2D eigenvalue weighted by atomic mass is 16.2. The summed E-state index contributed by atoms with van der Waals surface area (Å²) in [6.45, 7) is 2.40. The van der Waals surface area contributed by atoms with Gasteiger partial charge in [-0.3, -0.25) is 14.6 Å². The molecule has 0 aliphatic carbocycles. The Labute approximate surface area is 146 Å². The molecule has 0 aliphatic rings. The van der Waals surface area contributed by atoms with Crippen molar-refractivity contribution in [3.8, 4) is 0 Å². The molecule has 0 saturated heterocycles. The van der Waals surface area contributed by atoms with E-state index in [9.17, 15) is 9.59 Å². The van der Waals surface area contributed by atoms with Crippen LogP contribution in [-0.2, 0) is 16.1 Å². The number of fused-ring (bicyclic) bond motifs is 1. The quantitative estimate of drug-likeness (QED) is 0.705. The number of pyridine rings is 1. The van der Waals surface area contributed by atoms with Crippen LogP contribution in [0.15, 0.2) is 60.8 Å². The van der Waals surface area contributed by atoms with Crippen LogP contribution in [0.25, 0.3) is 10.9 Å². The van der Waals surface area contributed by atoms with Crippen molar-refractivity contribution in [1.29, 1.82) is 0 Å². The molecular weight excluding hydrogens is 314 g/mol. The van der Waals surface area contributed by atoms with Gasteiger partial charge in [0.25, 0.3) is 0 Å². The van der Waals surface area contributed by atoms with Gasteiger partial charge >= 0.3 is 0 Å². The fourth-order valence-electron chi connectivity index (χ4n) is 2.63. The van der Waals surface area contributed by atoms with Gasteiger partial charge in [0.05, 0.1) is 11.2 Å². The lowest BCUT2D eigenvalue weighted by atomic mass is 10.1. The van der Waals surface area contributed by atoms with Crippen LogP contribution >= 0.6 is 0 Å². The van der Waals surface area contributed by atoms with E-state index >= 15 is 0 Å². The number of para-hydroxylation sites is 1. The zero-order chi connectivity index (χ0) is 17.6. The normalized spacial score (nSPS) is 10.4. The summed E-state index contributed by atoms with van der Waals surface area (Å²) in [7, 11) is 0. The van der Waals surface area contributed by atoms with Crippen molar-refractivity contribution in [2.45, 2.75) is 19.9 Å². The average molecular weight is 333 g/mol. The lowest BCUT2D eigenvalue weighted by Crippen LogP contribution is -2.27. The molecule has 0 atom stereocenters. The van der Waals surface area contributed by atoms with E-state index in [4.69, 9.17) is 0 Å². The van der Waals surface area contributed by atoms with Crippen LogP contribution in [0, 0.1) is 6.92 Å². The predicted molar refractivity (Wildman–Crippen MR) is 98.0 cm³/mol. The van der Waals surface area contributed by atoms with Crippen LogP contribution in [0.3, 0.4) is 0 Å². The summed E-state index contributed by atoms with van der Waals surface area (Å²) in [5.74, 6) is -0.674. The number of aryl methyl sites for hydroxylation is 1. The number of hydrogen-bond acceptors (Lipinski definition) is 3. The van der Waals surface area contributed by atoms with Gasteiger partial charge in [0.1, 0.15) is 6.42 Å². The molecule has 5 heteroatoms. The Bertz CT molecular complexity index is 916. The van der Waals surface area contributed by atoms with E-state index in [0.29, 0.717) is 17.7 Å². The predicted octanol–water partition coefficient (Wildman–Crippen LogP) is 3.19. The maximum absolute atomic E-state index is 12.1. The van der Waals surface area contributed by atoms with Crippen molar-refractivity contribution in [3.05, 3.63) is 71.9 Å². The maximum atomic E-state index is 12.1. The Hall–Kier alpha value is -3.21. The first-order valence-corrected chi connectivity index (χ1v) is 8.07. The van der Waals surface area contributed by atoms with Crippen molar-refractivity contribution < 1.29 is 9.59 Å². The van der Waals surface area contributed by atoms with E-state index in [1.54, 1.807) is 12.3 Å².